The maximum atomic E-state index is 12.3. The number of aliphatic imine (C=N–C) groups is 1. The van der Waals surface area contributed by atoms with E-state index in [2.05, 4.69) is 10.3 Å². The lowest BCUT2D eigenvalue weighted by Crippen LogP contribution is -2.19. The van der Waals surface area contributed by atoms with Gasteiger partial charge in [0.1, 0.15) is 0 Å². The van der Waals surface area contributed by atoms with Gasteiger partial charge >= 0.3 is 0 Å². The van der Waals surface area contributed by atoms with Gasteiger partial charge in [-0.05, 0) is 60.2 Å². The predicted molar refractivity (Wildman–Crippen MR) is 112 cm³/mol. The predicted octanol–water partition coefficient (Wildman–Crippen LogP) is 5.21. The molecule has 3 rings (SSSR count). The molecule has 0 radical (unpaired) electrons. The van der Waals surface area contributed by atoms with Crippen molar-refractivity contribution in [3.8, 4) is 11.5 Å². The van der Waals surface area contributed by atoms with Crippen LogP contribution in [0.3, 0.4) is 0 Å². The second-order valence-electron chi connectivity index (χ2n) is 5.64. The van der Waals surface area contributed by atoms with Gasteiger partial charge in [-0.25, -0.2) is 4.99 Å². The molecule has 0 spiro atoms. The Bertz CT molecular complexity index is 974. The van der Waals surface area contributed by atoms with E-state index in [9.17, 15) is 4.79 Å². The van der Waals surface area contributed by atoms with Gasteiger partial charge in [-0.3, -0.25) is 4.79 Å². The Kier molecular flexibility index (Phi) is 5.99. The molecule has 1 heterocycles. The van der Waals surface area contributed by atoms with Crippen LogP contribution in [-0.2, 0) is 4.79 Å². The van der Waals surface area contributed by atoms with Crippen molar-refractivity contribution < 1.29 is 14.3 Å². The quantitative estimate of drug-likeness (QED) is 0.686. The van der Waals surface area contributed by atoms with Gasteiger partial charge in [0.2, 0.25) is 0 Å². The molecule has 2 aromatic carbocycles. The number of aryl methyl sites for hydroxylation is 1. The highest BCUT2D eigenvalue weighted by Crippen LogP contribution is 2.36. The van der Waals surface area contributed by atoms with Crippen LogP contribution >= 0.6 is 35.0 Å². The molecule has 2 aromatic rings. The minimum Gasteiger partial charge on any atom is -0.493 e. The average molecular weight is 423 g/mol. The SMILES string of the molecule is COc1cc(Cl)c(/C=C2\SC(=Nc3ccc(Cl)cc3C)NC2=O)cc1OC. The smallest absolute Gasteiger partial charge is 0.264 e. The fraction of sp³-hybridized carbons (Fsp3) is 0.158. The molecule has 0 saturated carbocycles. The fourth-order valence-electron chi connectivity index (χ4n) is 2.46. The van der Waals surface area contributed by atoms with Crippen molar-refractivity contribution in [1.29, 1.82) is 0 Å². The van der Waals surface area contributed by atoms with E-state index in [0.717, 1.165) is 11.3 Å². The zero-order valence-corrected chi connectivity index (χ0v) is 17.1. The van der Waals surface area contributed by atoms with E-state index in [4.69, 9.17) is 32.7 Å². The number of methoxy groups -OCH3 is 2. The number of hydrogen-bond acceptors (Lipinski definition) is 5. The summed E-state index contributed by atoms with van der Waals surface area (Å²) in [7, 11) is 3.08. The van der Waals surface area contributed by atoms with Crippen LogP contribution in [-0.4, -0.2) is 25.3 Å². The van der Waals surface area contributed by atoms with Gasteiger partial charge in [0.25, 0.3) is 5.91 Å². The molecule has 27 heavy (non-hydrogen) atoms. The number of carbonyl (C=O) groups is 1. The third-order valence-electron chi connectivity index (χ3n) is 3.82. The van der Waals surface area contributed by atoms with E-state index in [0.29, 0.717) is 37.2 Å². The average Bonchev–Trinajstić information content (AvgIpc) is 2.98. The Morgan fingerprint density at radius 1 is 1.11 bits per heavy atom. The number of benzene rings is 2. The fourth-order valence-corrected chi connectivity index (χ4v) is 3.72. The van der Waals surface area contributed by atoms with Crippen LogP contribution in [0, 0.1) is 6.92 Å². The number of nitrogens with one attached hydrogen (secondary N) is 1. The van der Waals surface area contributed by atoms with Crippen LogP contribution in [0.4, 0.5) is 5.69 Å². The number of hydrogen-bond donors (Lipinski definition) is 1. The molecule has 0 aliphatic carbocycles. The molecule has 1 amide bonds. The van der Waals surface area contributed by atoms with Crippen LogP contribution in [0.1, 0.15) is 11.1 Å². The molecule has 5 nitrogen and oxygen atoms in total. The molecule has 0 aromatic heterocycles. The van der Waals surface area contributed by atoms with E-state index >= 15 is 0 Å². The molecule has 1 aliphatic heterocycles. The summed E-state index contributed by atoms with van der Waals surface area (Å²) in [5.74, 6) is 0.813. The van der Waals surface area contributed by atoms with E-state index < -0.39 is 0 Å². The Morgan fingerprint density at radius 3 is 2.48 bits per heavy atom. The number of ether oxygens (including phenoxy) is 2. The van der Waals surface area contributed by atoms with Crippen LogP contribution < -0.4 is 14.8 Å². The Hall–Kier alpha value is -2.15. The van der Waals surface area contributed by atoms with Crippen molar-refractivity contribution >= 4 is 57.8 Å². The van der Waals surface area contributed by atoms with Crippen LogP contribution in [0.5, 0.6) is 11.5 Å². The molecule has 0 unspecified atom stereocenters. The van der Waals surface area contributed by atoms with Crippen molar-refractivity contribution in [2.45, 2.75) is 6.92 Å². The van der Waals surface area contributed by atoms with E-state index in [-0.39, 0.29) is 5.91 Å². The summed E-state index contributed by atoms with van der Waals surface area (Å²) in [5.41, 5.74) is 2.31. The van der Waals surface area contributed by atoms with Crippen molar-refractivity contribution in [3.63, 3.8) is 0 Å². The molecule has 8 heteroatoms. The summed E-state index contributed by atoms with van der Waals surface area (Å²) in [6.45, 7) is 1.91. The third kappa shape index (κ3) is 4.40. The first-order valence-corrected chi connectivity index (χ1v) is 9.45. The van der Waals surface area contributed by atoms with E-state index in [1.807, 2.05) is 19.1 Å². The van der Waals surface area contributed by atoms with Crippen molar-refractivity contribution in [2.24, 2.45) is 4.99 Å². The summed E-state index contributed by atoms with van der Waals surface area (Å²) in [6, 6.07) is 8.76. The van der Waals surface area contributed by atoms with Crippen LogP contribution in [0.15, 0.2) is 40.2 Å². The lowest BCUT2D eigenvalue weighted by atomic mass is 10.2. The molecule has 1 saturated heterocycles. The maximum absolute atomic E-state index is 12.3. The van der Waals surface area contributed by atoms with Crippen molar-refractivity contribution in [3.05, 3.63) is 56.4 Å². The number of amidine groups is 1. The summed E-state index contributed by atoms with van der Waals surface area (Å²) in [5, 5.41) is 4.35. The second-order valence-corrected chi connectivity index (χ2v) is 7.52. The number of rotatable bonds is 4. The van der Waals surface area contributed by atoms with E-state index in [1.54, 1.807) is 31.4 Å². The van der Waals surface area contributed by atoms with Crippen molar-refractivity contribution in [1.82, 2.24) is 5.32 Å². The molecule has 140 valence electrons. The monoisotopic (exact) mass is 422 g/mol. The number of carbonyl (C=O) groups excluding carboxylic acids is 1. The van der Waals surface area contributed by atoms with Gasteiger partial charge in [0.15, 0.2) is 16.7 Å². The lowest BCUT2D eigenvalue weighted by molar-refractivity contribution is -0.115. The standard InChI is InChI=1S/C19H16Cl2N2O3S/c1-10-6-12(20)4-5-14(10)22-19-23-18(24)17(27-19)8-11-7-15(25-2)16(26-3)9-13(11)21/h4-9H,1-3H3,(H,22,23,24)/b17-8-. The number of nitrogens with zero attached hydrogens (tertiary/aromatic N) is 1. The molecule has 0 atom stereocenters. The molecule has 0 bridgehead atoms. The zero-order chi connectivity index (χ0) is 19.6. The minimum absolute atomic E-state index is 0.240. The minimum atomic E-state index is -0.240. The number of thioether (sulfide) groups is 1. The van der Waals surface area contributed by atoms with Gasteiger partial charge in [-0.15, -0.1) is 0 Å². The van der Waals surface area contributed by atoms with Gasteiger partial charge in [-0.1, -0.05) is 23.2 Å². The Balaban J connectivity index is 1.90. The van der Waals surface area contributed by atoms with Crippen LogP contribution in [0.2, 0.25) is 10.0 Å². The van der Waals surface area contributed by atoms with Crippen molar-refractivity contribution in [2.75, 3.05) is 14.2 Å². The van der Waals surface area contributed by atoms with E-state index in [1.165, 1.54) is 18.9 Å². The molecule has 1 aliphatic rings. The Labute approximate surface area is 171 Å². The molecule has 1 N–H and O–H groups in total. The van der Waals surface area contributed by atoms with Gasteiger partial charge < -0.3 is 14.8 Å². The Morgan fingerprint density at radius 2 is 1.81 bits per heavy atom. The normalized spacial score (nSPS) is 16.7. The van der Waals surface area contributed by atoms with Gasteiger partial charge in [0, 0.05) is 11.1 Å². The highest BCUT2D eigenvalue weighted by molar-refractivity contribution is 8.18. The summed E-state index contributed by atoms with van der Waals surface area (Å²) < 4.78 is 10.5. The zero-order valence-electron chi connectivity index (χ0n) is 14.8. The highest BCUT2D eigenvalue weighted by Gasteiger charge is 2.24. The summed E-state index contributed by atoms with van der Waals surface area (Å²) >= 11 is 13.5. The largest absolute Gasteiger partial charge is 0.493 e. The summed E-state index contributed by atoms with van der Waals surface area (Å²) in [4.78, 5) is 17.3. The third-order valence-corrected chi connectivity index (χ3v) is 5.29. The number of halogens is 2. The first-order chi connectivity index (χ1) is 12.9. The van der Waals surface area contributed by atoms with Gasteiger partial charge in [-0.2, -0.15) is 0 Å². The molecule has 1 fully saturated rings. The number of amides is 1. The van der Waals surface area contributed by atoms with Gasteiger partial charge in [0.05, 0.1) is 29.8 Å². The second kappa shape index (κ2) is 8.25. The van der Waals surface area contributed by atoms with Crippen LogP contribution in [0.25, 0.3) is 6.08 Å². The maximum Gasteiger partial charge on any atom is 0.264 e. The lowest BCUT2D eigenvalue weighted by Gasteiger charge is -2.09. The molecular formula is C19H16Cl2N2O3S. The first kappa shape index (κ1) is 19.6. The highest BCUT2D eigenvalue weighted by atomic mass is 35.5. The summed E-state index contributed by atoms with van der Waals surface area (Å²) in [6.07, 6.45) is 1.70. The first-order valence-electron chi connectivity index (χ1n) is 7.88. The molecular weight excluding hydrogens is 407 g/mol. The topological polar surface area (TPSA) is 59.9 Å².